The minimum absolute atomic E-state index is 0.970. The molecule has 0 bridgehead atoms. The van der Waals surface area contributed by atoms with Gasteiger partial charge < -0.3 is 4.98 Å². The second kappa shape index (κ2) is 4.39. The molecule has 1 aliphatic rings. The third kappa shape index (κ3) is 2.62. The Kier molecular flexibility index (Phi) is 3.15. The predicted octanol–water partition coefficient (Wildman–Crippen LogP) is 4.25. The first-order chi connectivity index (χ1) is 7.18. The zero-order valence-corrected chi connectivity index (χ0v) is 10.8. The molecule has 82 valence electrons. The average Bonchev–Trinajstić information content (AvgIpc) is 2.71. The third-order valence-electron chi connectivity index (χ3n) is 3.62. The maximum atomic E-state index is 3.80. The lowest BCUT2D eigenvalue weighted by Gasteiger charge is -2.31. The summed E-state index contributed by atoms with van der Waals surface area (Å²) in [5, 5.41) is 0. The van der Waals surface area contributed by atoms with Gasteiger partial charge in [-0.2, -0.15) is 0 Å². The highest BCUT2D eigenvalue weighted by molar-refractivity contribution is 6.81. The SMILES string of the molecule is C[Si](C)(Nc1ccccc1)C1CCCC1. The van der Waals surface area contributed by atoms with Crippen LogP contribution in [0.4, 0.5) is 5.69 Å². The van der Waals surface area contributed by atoms with Gasteiger partial charge in [0.1, 0.15) is 8.24 Å². The van der Waals surface area contributed by atoms with Gasteiger partial charge in [-0.1, -0.05) is 57.0 Å². The van der Waals surface area contributed by atoms with Crippen LogP contribution in [0.5, 0.6) is 0 Å². The Labute approximate surface area is 94.0 Å². The molecule has 1 aromatic carbocycles. The van der Waals surface area contributed by atoms with E-state index in [1.165, 1.54) is 31.4 Å². The molecule has 2 rings (SSSR count). The fourth-order valence-corrected chi connectivity index (χ4v) is 5.61. The van der Waals surface area contributed by atoms with Crippen molar-refractivity contribution in [3.05, 3.63) is 30.3 Å². The second-order valence-corrected chi connectivity index (χ2v) is 9.70. The van der Waals surface area contributed by atoms with Crippen LogP contribution in [0.2, 0.25) is 18.6 Å². The maximum absolute atomic E-state index is 3.80. The van der Waals surface area contributed by atoms with E-state index in [1.54, 1.807) is 0 Å². The van der Waals surface area contributed by atoms with Crippen molar-refractivity contribution in [2.75, 3.05) is 4.98 Å². The molecule has 0 saturated heterocycles. The van der Waals surface area contributed by atoms with Crippen LogP contribution in [0.15, 0.2) is 30.3 Å². The normalized spacial score (nSPS) is 18.0. The molecule has 15 heavy (non-hydrogen) atoms. The van der Waals surface area contributed by atoms with Crippen LogP contribution < -0.4 is 4.98 Å². The van der Waals surface area contributed by atoms with Crippen molar-refractivity contribution in [3.63, 3.8) is 0 Å². The highest BCUT2D eigenvalue weighted by Gasteiger charge is 2.34. The number of para-hydroxylation sites is 1. The molecular formula is C13H21NSi. The lowest BCUT2D eigenvalue weighted by molar-refractivity contribution is 0.839. The molecule has 1 N–H and O–H groups in total. The Morgan fingerprint density at radius 2 is 1.67 bits per heavy atom. The first-order valence-electron chi connectivity index (χ1n) is 6.02. The minimum atomic E-state index is -1.26. The van der Waals surface area contributed by atoms with E-state index in [9.17, 15) is 0 Å². The molecule has 0 atom stereocenters. The first kappa shape index (κ1) is 10.7. The van der Waals surface area contributed by atoms with Gasteiger partial charge in [0.25, 0.3) is 0 Å². The molecular weight excluding hydrogens is 198 g/mol. The fraction of sp³-hybridized carbons (Fsp3) is 0.538. The van der Waals surface area contributed by atoms with Gasteiger partial charge in [-0.25, -0.2) is 0 Å². The Hall–Kier alpha value is -0.763. The molecule has 1 nitrogen and oxygen atoms in total. The highest BCUT2D eigenvalue weighted by Crippen LogP contribution is 2.38. The van der Waals surface area contributed by atoms with E-state index in [4.69, 9.17) is 0 Å². The van der Waals surface area contributed by atoms with E-state index < -0.39 is 8.24 Å². The molecule has 0 aromatic heterocycles. The Bertz CT molecular complexity index is 302. The highest BCUT2D eigenvalue weighted by atomic mass is 28.3. The van der Waals surface area contributed by atoms with Crippen molar-refractivity contribution in [2.45, 2.75) is 44.3 Å². The number of hydrogen-bond donors (Lipinski definition) is 1. The van der Waals surface area contributed by atoms with Crippen molar-refractivity contribution in [1.29, 1.82) is 0 Å². The zero-order chi connectivity index (χ0) is 10.7. The third-order valence-corrected chi connectivity index (χ3v) is 7.17. The smallest absolute Gasteiger partial charge is 0.150 e. The van der Waals surface area contributed by atoms with Gasteiger partial charge in [0.05, 0.1) is 0 Å². The molecule has 2 heteroatoms. The largest absolute Gasteiger partial charge is 0.410 e. The summed E-state index contributed by atoms with van der Waals surface area (Å²) in [6.45, 7) is 4.94. The van der Waals surface area contributed by atoms with E-state index in [0.29, 0.717) is 0 Å². The summed E-state index contributed by atoms with van der Waals surface area (Å²) >= 11 is 0. The van der Waals surface area contributed by atoms with Gasteiger partial charge in [0.2, 0.25) is 0 Å². The number of nitrogens with one attached hydrogen (secondary N) is 1. The topological polar surface area (TPSA) is 12.0 Å². The summed E-state index contributed by atoms with van der Waals surface area (Å²) in [7, 11) is -1.26. The van der Waals surface area contributed by atoms with Crippen LogP contribution in [0.25, 0.3) is 0 Å². The summed E-state index contributed by atoms with van der Waals surface area (Å²) in [5.41, 5.74) is 2.28. The van der Waals surface area contributed by atoms with Crippen LogP contribution in [0, 0.1) is 0 Å². The molecule has 1 fully saturated rings. The molecule has 0 unspecified atom stereocenters. The van der Waals surface area contributed by atoms with E-state index in [0.717, 1.165) is 5.54 Å². The number of rotatable bonds is 3. The van der Waals surface area contributed by atoms with Crippen LogP contribution in [0.3, 0.4) is 0 Å². The van der Waals surface area contributed by atoms with Crippen LogP contribution in [-0.4, -0.2) is 8.24 Å². The summed E-state index contributed by atoms with van der Waals surface area (Å²) < 4.78 is 0. The molecule has 0 radical (unpaired) electrons. The molecule has 0 amide bonds. The van der Waals surface area contributed by atoms with Gasteiger partial charge in [-0.05, 0) is 17.7 Å². The minimum Gasteiger partial charge on any atom is -0.410 e. The summed E-state index contributed by atoms with van der Waals surface area (Å²) in [4.78, 5) is 3.80. The Balaban J connectivity index is 2.03. The summed E-state index contributed by atoms with van der Waals surface area (Å²) in [6.07, 6.45) is 5.77. The van der Waals surface area contributed by atoms with E-state index >= 15 is 0 Å². The lowest BCUT2D eigenvalue weighted by atomic mass is 10.3. The quantitative estimate of drug-likeness (QED) is 0.749. The summed E-state index contributed by atoms with van der Waals surface area (Å²) in [5.74, 6) is 0. The Morgan fingerprint density at radius 3 is 2.27 bits per heavy atom. The van der Waals surface area contributed by atoms with Crippen molar-refractivity contribution >= 4 is 13.9 Å². The van der Waals surface area contributed by atoms with Crippen LogP contribution in [-0.2, 0) is 0 Å². The number of benzene rings is 1. The zero-order valence-electron chi connectivity index (χ0n) is 9.79. The van der Waals surface area contributed by atoms with Gasteiger partial charge >= 0.3 is 0 Å². The molecule has 1 aromatic rings. The number of hydrogen-bond acceptors (Lipinski definition) is 1. The lowest BCUT2D eigenvalue weighted by Crippen LogP contribution is -2.41. The Morgan fingerprint density at radius 1 is 1.07 bits per heavy atom. The fourth-order valence-electron chi connectivity index (χ4n) is 2.64. The van der Waals surface area contributed by atoms with E-state index in [1.807, 2.05) is 0 Å². The monoisotopic (exact) mass is 219 g/mol. The van der Waals surface area contributed by atoms with E-state index in [-0.39, 0.29) is 0 Å². The van der Waals surface area contributed by atoms with E-state index in [2.05, 4.69) is 48.4 Å². The van der Waals surface area contributed by atoms with Crippen molar-refractivity contribution in [1.82, 2.24) is 0 Å². The van der Waals surface area contributed by atoms with Gasteiger partial charge in [0.15, 0.2) is 0 Å². The van der Waals surface area contributed by atoms with Gasteiger partial charge in [0, 0.05) is 5.69 Å². The maximum Gasteiger partial charge on any atom is 0.150 e. The molecule has 0 aliphatic heterocycles. The van der Waals surface area contributed by atoms with Crippen LogP contribution in [0.1, 0.15) is 25.7 Å². The molecule has 1 aliphatic carbocycles. The van der Waals surface area contributed by atoms with Crippen LogP contribution >= 0.6 is 0 Å². The molecule has 0 spiro atoms. The second-order valence-electron chi connectivity index (χ2n) is 5.19. The van der Waals surface area contributed by atoms with Crippen molar-refractivity contribution in [3.8, 4) is 0 Å². The number of anilines is 1. The van der Waals surface area contributed by atoms with Gasteiger partial charge in [-0.15, -0.1) is 0 Å². The van der Waals surface area contributed by atoms with Crippen molar-refractivity contribution < 1.29 is 0 Å². The average molecular weight is 219 g/mol. The predicted molar refractivity (Wildman–Crippen MR) is 69.8 cm³/mol. The first-order valence-corrected chi connectivity index (χ1v) is 9.09. The van der Waals surface area contributed by atoms with Crippen molar-refractivity contribution in [2.24, 2.45) is 0 Å². The standard InChI is InChI=1S/C13H21NSi/c1-15(2,13-10-6-7-11-13)14-12-8-4-3-5-9-12/h3-5,8-9,13-14H,6-7,10-11H2,1-2H3. The molecule has 1 saturated carbocycles. The van der Waals surface area contributed by atoms with Gasteiger partial charge in [-0.3, -0.25) is 0 Å². The molecule has 0 heterocycles. The summed E-state index contributed by atoms with van der Waals surface area (Å²) in [6, 6.07) is 10.7.